The Morgan fingerprint density at radius 2 is 1.78 bits per heavy atom. The van der Waals surface area contributed by atoms with Gasteiger partial charge in [-0.3, -0.25) is 14.4 Å². The number of carbonyl (C=O) groups is 3. The number of primary amides is 1. The molecule has 0 unspecified atom stereocenters. The zero-order valence-corrected chi connectivity index (χ0v) is 26.1. The third-order valence-electron chi connectivity index (χ3n) is 9.02. The number of phenols is 1. The molecule has 11 heteroatoms. The molecular formula is C35H37ClN2O8. The Morgan fingerprint density at radius 3 is 2.46 bits per heavy atom. The first-order valence-corrected chi connectivity index (χ1v) is 15.5. The second-order valence-corrected chi connectivity index (χ2v) is 12.3. The molecule has 10 nitrogen and oxygen atoms in total. The highest BCUT2D eigenvalue weighted by Crippen LogP contribution is 2.50. The fraction of sp³-hybridized carbons (Fsp3) is 0.343. The molecule has 1 amide bonds. The predicted octanol–water partition coefficient (Wildman–Crippen LogP) is 3.80. The molecule has 0 radical (unpaired) electrons. The Labute approximate surface area is 271 Å². The van der Waals surface area contributed by atoms with Gasteiger partial charge in [0.1, 0.15) is 17.3 Å². The second kappa shape index (κ2) is 13.6. The van der Waals surface area contributed by atoms with Gasteiger partial charge < -0.3 is 36.2 Å². The van der Waals surface area contributed by atoms with Crippen molar-refractivity contribution >= 4 is 29.1 Å². The van der Waals surface area contributed by atoms with Gasteiger partial charge in [0.15, 0.2) is 17.2 Å². The maximum absolute atomic E-state index is 14.0. The van der Waals surface area contributed by atoms with Crippen LogP contribution < -0.4 is 15.8 Å². The van der Waals surface area contributed by atoms with E-state index in [1.54, 1.807) is 13.2 Å². The number of ether oxygens (including phenoxy) is 1. The topological polar surface area (TPSA) is 179 Å². The summed E-state index contributed by atoms with van der Waals surface area (Å²) < 4.78 is 5.69. The molecule has 0 saturated heterocycles. The lowest BCUT2D eigenvalue weighted by molar-refractivity contribution is -0.147. The van der Waals surface area contributed by atoms with Crippen molar-refractivity contribution < 1.29 is 39.5 Å². The van der Waals surface area contributed by atoms with Crippen molar-refractivity contribution in [2.24, 2.45) is 17.6 Å². The van der Waals surface area contributed by atoms with Crippen molar-refractivity contribution in [3.8, 4) is 22.6 Å². The van der Waals surface area contributed by atoms with Crippen molar-refractivity contribution in [1.29, 1.82) is 0 Å². The summed E-state index contributed by atoms with van der Waals surface area (Å²) in [5.41, 5.74) is 6.40. The van der Waals surface area contributed by atoms with Crippen LogP contribution in [-0.4, -0.2) is 63.8 Å². The van der Waals surface area contributed by atoms with Crippen LogP contribution in [0, 0.1) is 11.8 Å². The van der Waals surface area contributed by atoms with Crippen LogP contribution >= 0.6 is 11.6 Å². The lowest BCUT2D eigenvalue weighted by Gasteiger charge is -2.43. The lowest BCUT2D eigenvalue weighted by Crippen LogP contribution is -2.54. The largest absolute Gasteiger partial charge is 0.508 e. The number of nitrogens with two attached hydrogens (primary N) is 1. The van der Waals surface area contributed by atoms with Crippen molar-refractivity contribution in [3.63, 3.8) is 0 Å². The van der Waals surface area contributed by atoms with Crippen molar-refractivity contribution in [3.05, 3.63) is 93.2 Å². The molecule has 0 heterocycles. The summed E-state index contributed by atoms with van der Waals surface area (Å²) in [6, 6.07) is 16.6. The van der Waals surface area contributed by atoms with Crippen LogP contribution in [-0.2, 0) is 29.0 Å². The molecule has 0 bridgehead atoms. The predicted molar refractivity (Wildman–Crippen MR) is 172 cm³/mol. The number of methoxy groups -OCH3 is 1. The minimum absolute atomic E-state index is 0.0471. The van der Waals surface area contributed by atoms with Gasteiger partial charge >= 0.3 is 0 Å². The first-order chi connectivity index (χ1) is 22.0. The second-order valence-electron chi connectivity index (χ2n) is 11.8. The Bertz CT molecular complexity index is 1700. The summed E-state index contributed by atoms with van der Waals surface area (Å²) in [6.07, 6.45) is 0.156. The number of hydrogen-bond donors (Lipinski definition) is 6. The maximum Gasteiger partial charge on any atom is 0.225 e. The molecule has 242 valence electrons. The molecule has 0 aromatic heterocycles. The summed E-state index contributed by atoms with van der Waals surface area (Å²) in [6.45, 7) is 0.893. The molecule has 0 fully saturated rings. The van der Waals surface area contributed by atoms with E-state index in [1.807, 2.05) is 42.5 Å². The molecule has 3 aromatic rings. The van der Waals surface area contributed by atoms with Gasteiger partial charge in [0, 0.05) is 35.2 Å². The fourth-order valence-electron chi connectivity index (χ4n) is 6.76. The van der Waals surface area contributed by atoms with Crippen molar-refractivity contribution in [2.45, 2.75) is 44.2 Å². The van der Waals surface area contributed by atoms with Crippen LogP contribution in [0.4, 0.5) is 0 Å². The third-order valence-corrected chi connectivity index (χ3v) is 9.27. The molecule has 0 saturated carbocycles. The Morgan fingerprint density at radius 1 is 1.07 bits per heavy atom. The number of allylic oxidation sites excluding steroid dienone is 1. The summed E-state index contributed by atoms with van der Waals surface area (Å²) in [5, 5.41) is 47.6. The molecule has 3 atom stereocenters. The number of halogens is 1. The number of fused-ring (bicyclic) bond motifs is 2. The van der Waals surface area contributed by atoms with Gasteiger partial charge in [0.2, 0.25) is 5.91 Å². The molecule has 7 N–H and O–H groups in total. The summed E-state index contributed by atoms with van der Waals surface area (Å²) >= 11 is 5.98. The smallest absolute Gasteiger partial charge is 0.225 e. The average molecular weight is 649 g/mol. The Kier molecular flexibility index (Phi) is 9.83. The maximum atomic E-state index is 14.0. The zero-order chi connectivity index (χ0) is 33.2. The van der Waals surface area contributed by atoms with Crippen LogP contribution in [0.15, 0.2) is 65.9 Å². The Balaban J connectivity index is 1.50. The number of hydrogen-bond acceptors (Lipinski definition) is 9. The number of aromatic hydroxyl groups is 1. The number of rotatable bonds is 12. The third kappa shape index (κ3) is 6.26. The highest BCUT2D eigenvalue weighted by atomic mass is 35.5. The highest BCUT2D eigenvalue weighted by molar-refractivity contribution is 6.30. The van der Waals surface area contributed by atoms with Crippen molar-refractivity contribution in [1.82, 2.24) is 5.32 Å². The van der Waals surface area contributed by atoms with E-state index in [0.717, 1.165) is 24.1 Å². The number of phenolic OH excluding ortho intramolecular Hbond substituents is 1. The molecule has 2 aliphatic rings. The monoisotopic (exact) mass is 648 g/mol. The van der Waals surface area contributed by atoms with Crippen molar-refractivity contribution in [2.75, 3.05) is 20.3 Å². The molecule has 0 spiro atoms. The number of Topliss-reactive ketones (excluding diaryl/α,β-unsaturated/α-hetero) is 2. The van der Waals surface area contributed by atoms with Crippen LogP contribution in [0.2, 0.25) is 5.02 Å². The van der Waals surface area contributed by atoms with E-state index < -0.39 is 53.7 Å². The SMILES string of the molecule is COc1ccc(CNCCc2ccc(Cl)cc2)cc1-c1ccc(O)c2c1C[C@H]1C[C@@H](CCO)[C@@](O)(C(=O)CC(N)=O)C(O)=C1C2=O. The van der Waals surface area contributed by atoms with Gasteiger partial charge in [0.05, 0.1) is 19.1 Å². The van der Waals surface area contributed by atoms with E-state index in [0.29, 0.717) is 34.0 Å². The standard InChI is InChI=1S/C35H37ClN2O8/c1-46-28-9-4-20(18-38-12-10-19-2-5-23(36)6-3-19)14-25(28)24-7-8-27(40)32-26(24)16-21-15-22(11-13-39)35(45,29(41)17-30(37)42)34(44)31(21)33(32)43/h2-9,14,21-22,38-40,44-45H,10-13,15-18H2,1H3,(H2,37,42)/t21-,22-,35-/m1/s1. The van der Waals surface area contributed by atoms with Crippen LogP contribution in [0.5, 0.6) is 11.5 Å². The minimum Gasteiger partial charge on any atom is -0.508 e. The molecule has 2 aliphatic carbocycles. The molecule has 3 aromatic carbocycles. The molecule has 0 aliphatic heterocycles. The van der Waals surface area contributed by atoms with E-state index in [9.17, 15) is 34.8 Å². The van der Waals surface area contributed by atoms with E-state index >= 15 is 0 Å². The van der Waals surface area contributed by atoms with E-state index in [2.05, 4.69) is 5.32 Å². The molecular weight excluding hydrogens is 612 g/mol. The van der Waals surface area contributed by atoms with Gasteiger partial charge in [-0.15, -0.1) is 0 Å². The van der Waals surface area contributed by atoms with Gasteiger partial charge in [0.25, 0.3) is 0 Å². The molecule has 46 heavy (non-hydrogen) atoms. The van der Waals surface area contributed by atoms with Gasteiger partial charge in [-0.25, -0.2) is 0 Å². The number of nitrogens with one attached hydrogen (secondary N) is 1. The fourth-order valence-corrected chi connectivity index (χ4v) is 6.89. The number of ketones is 2. The minimum atomic E-state index is -2.58. The quantitative estimate of drug-likeness (QED) is 0.126. The zero-order valence-electron chi connectivity index (χ0n) is 25.4. The van der Waals surface area contributed by atoms with Gasteiger partial charge in [-0.2, -0.15) is 0 Å². The Hall–Kier alpha value is -4.22. The number of aliphatic hydroxyl groups is 3. The molecule has 5 rings (SSSR count). The van der Waals surface area contributed by atoms with E-state index in [-0.39, 0.29) is 36.1 Å². The highest BCUT2D eigenvalue weighted by Gasteiger charge is 2.55. The van der Waals surface area contributed by atoms with Crippen LogP contribution in [0.3, 0.4) is 0 Å². The van der Waals surface area contributed by atoms with Gasteiger partial charge in [-0.1, -0.05) is 35.9 Å². The summed E-state index contributed by atoms with van der Waals surface area (Å²) in [7, 11) is 1.55. The number of benzene rings is 3. The number of aliphatic hydroxyl groups excluding tert-OH is 2. The van der Waals surface area contributed by atoms with E-state index in [1.165, 1.54) is 6.07 Å². The van der Waals surface area contributed by atoms with Crippen LogP contribution in [0.25, 0.3) is 11.1 Å². The first-order valence-electron chi connectivity index (χ1n) is 15.1. The van der Waals surface area contributed by atoms with E-state index in [4.69, 9.17) is 22.1 Å². The van der Waals surface area contributed by atoms with Gasteiger partial charge in [-0.05, 0) is 90.7 Å². The normalized spacial score (nSPS) is 20.7. The summed E-state index contributed by atoms with van der Waals surface area (Å²) in [4.78, 5) is 38.6. The summed E-state index contributed by atoms with van der Waals surface area (Å²) in [5.74, 6) is -5.02. The first kappa shape index (κ1) is 33.2. The lowest BCUT2D eigenvalue weighted by atomic mass is 9.62. The number of carbonyl (C=O) groups excluding carboxylic acids is 3. The average Bonchev–Trinajstić information content (AvgIpc) is 3.02. The van der Waals surface area contributed by atoms with Crippen LogP contribution in [0.1, 0.15) is 46.3 Å². The number of amides is 1.